The lowest BCUT2D eigenvalue weighted by atomic mass is 9.99. The van der Waals surface area contributed by atoms with Gasteiger partial charge in [-0.25, -0.2) is 0 Å². The molecule has 1 unspecified atom stereocenters. The van der Waals surface area contributed by atoms with Gasteiger partial charge < -0.3 is 11.1 Å². The van der Waals surface area contributed by atoms with Crippen LogP contribution in [0.25, 0.3) is 0 Å². The topological polar surface area (TPSA) is 72.2 Å². The van der Waals surface area contributed by atoms with Gasteiger partial charge in [-0.1, -0.05) is 33.1 Å². The van der Waals surface area contributed by atoms with Crippen molar-refractivity contribution in [3.05, 3.63) is 12.2 Å². The summed E-state index contributed by atoms with van der Waals surface area (Å²) in [6.45, 7) is 4.94. The molecule has 0 aliphatic carbocycles. The normalized spacial score (nSPS) is 12.6. The highest BCUT2D eigenvalue weighted by Gasteiger charge is 2.06. The van der Waals surface area contributed by atoms with Crippen molar-refractivity contribution in [1.82, 2.24) is 5.32 Å². The zero-order chi connectivity index (χ0) is 12.4. The largest absolute Gasteiger partial charge is 0.366 e. The summed E-state index contributed by atoms with van der Waals surface area (Å²) in [4.78, 5) is 21.6. The first kappa shape index (κ1) is 14.7. The molecule has 0 aromatic heterocycles. The first-order valence-electron chi connectivity index (χ1n) is 5.85. The standard InChI is InChI=1S/C12H22N2O2/c1-3-5-6-10(4-2)9-14-12(16)8-7-11(13)15/h7-8,10H,3-6,9H2,1-2H3,(H2,13,15)(H,14,16)/b8-7-. The number of rotatable bonds is 8. The maximum Gasteiger partial charge on any atom is 0.244 e. The Morgan fingerprint density at radius 3 is 2.50 bits per heavy atom. The second-order valence-electron chi connectivity index (χ2n) is 3.90. The van der Waals surface area contributed by atoms with Crippen LogP contribution in [0.2, 0.25) is 0 Å². The highest BCUT2D eigenvalue weighted by molar-refractivity contribution is 5.95. The third-order valence-electron chi connectivity index (χ3n) is 2.51. The van der Waals surface area contributed by atoms with E-state index >= 15 is 0 Å². The predicted octanol–water partition coefficient (Wildman–Crippen LogP) is 1.36. The van der Waals surface area contributed by atoms with Crippen molar-refractivity contribution in [2.24, 2.45) is 11.7 Å². The van der Waals surface area contributed by atoms with Gasteiger partial charge >= 0.3 is 0 Å². The van der Waals surface area contributed by atoms with Gasteiger partial charge in [0, 0.05) is 18.7 Å². The first-order chi connectivity index (χ1) is 7.60. The molecule has 4 nitrogen and oxygen atoms in total. The van der Waals surface area contributed by atoms with E-state index in [-0.39, 0.29) is 5.91 Å². The Balaban J connectivity index is 3.83. The molecule has 0 aliphatic heterocycles. The average Bonchev–Trinajstić information content (AvgIpc) is 2.26. The minimum atomic E-state index is -0.604. The smallest absolute Gasteiger partial charge is 0.244 e. The van der Waals surface area contributed by atoms with Crippen molar-refractivity contribution < 1.29 is 9.59 Å². The van der Waals surface area contributed by atoms with Gasteiger partial charge in [-0.15, -0.1) is 0 Å². The minimum absolute atomic E-state index is 0.256. The van der Waals surface area contributed by atoms with E-state index in [1.807, 2.05) is 0 Å². The van der Waals surface area contributed by atoms with Crippen LogP contribution in [-0.4, -0.2) is 18.4 Å². The summed E-state index contributed by atoms with van der Waals surface area (Å²) in [5.74, 6) is -0.340. The molecule has 4 heteroatoms. The predicted molar refractivity (Wildman–Crippen MR) is 64.7 cm³/mol. The number of hydrogen-bond donors (Lipinski definition) is 2. The molecule has 0 heterocycles. The van der Waals surface area contributed by atoms with E-state index in [0.717, 1.165) is 18.9 Å². The van der Waals surface area contributed by atoms with Crippen molar-refractivity contribution in [2.45, 2.75) is 39.5 Å². The lowest BCUT2D eigenvalue weighted by Gasteiger charge is -2.14. The molecule has 92 valence electrons. The Kier molecular flexibility index (Phi) is 8.21. The summed E-state index contributed by atoms with van der Waals surface area (Å²) in [5, 5.41) is 2.76. The van der Waals surface area contributed by atoms with Gasteiger partial charge in [-0.05, 0) is 12.3 Å². The Bertz CT molecular complexity index is 249. The van der Waals surface area contributed by atoms with E-state index in [9.17, 15) is 9.59 Å². The zero-order valence-electron chi connectivity index (χ0n) is 10.2. The SMILES string of the molecule is CCCCC(CC)CNC(=O)/C=C\C(N)=O. The molecule has 0 saturated heterocycles. The van der Waals surface area contributed by atoms with E-state index in [0.29, 0.717) is 12.5 Å². The van der Waals surface area contributed by atoms with Gasteiger partial charge in [0.05, 0.1) is 0 Å². The Morgan fingerprint density at radius 1 is 1.31 bits per heavy atom. The third kappa shape index (κ3) is 8.03. The zero-order valence-corrected chi connectivity index (χ0v) is 10.2. The van der Waals surface area contributed by atoms with Crippen LogP contribution in [0.5, 0.6) is 0 Å². The van der Waals surface area contributed by atoms with Crippen LogP contribution in [0.15, 0.2) is 12.2 Å². The van der Waals surface area contributed by atoms with Gasteiger partial charge in [-0.2, -0.15) is 0 Å². The maximum atomic E-state index is 11.2. The summed E-state index contributed by atoms with van der Waals surface area (Å²) in [6, 6.07) is 0. The van der Waals surface area contributed by atoms with Crippen molar-refractivity contribution >= 4 is 11.8 Å². The summed E-state index contributed by atoms with van der Waals surface area (Å²) in [7, 11) is 0. The number of nitrogens with one attached hydrogen (secondary N) is 1. The third-order valence-corrected chi connectivity index (χ3v) is 2.51. The van der Waals surface area contributed by atoms with Gasteiger partial charge in [0.25, 0.3) is 0 Å². The fraction of sp³-hybridized carbons (Fsp3) is 0.667. The molecule has 0 rings (SSSR count). The molecule has 0 spiro atoms. The fourth-order valence-electron chi connectivity index (χ4n) is 1.40. The second-order valence-corrected chi connectivity index (χ2v) is 3.90. The molecule has 0 bridgehead atoms. The van der Waals surface area contributed by atoms with Crippen molar-refractivity contribution in [2.75, 3.05) is 6.54 Å². The number of unbranched alkanes of at least 4 members (excludes halogenated alkanes) is 1. The molecule has 3 N–H and O–H groups in total. The van der Waals surface area contributed by atoms with Crippen LogP contribution in [0.3, 0.4) is 0 Å². The number of carbonyl (C=O) groups is 2. The maximum absolute atomic E-state index is 11.2. The highest BCUT2D eigenvalue weighted by atomic mass is 16.2. The van der Waals surface area contributed by atoms with Crippen LogP contribution in [0.1, 0.15) is 39.5 Å². The van der Waals surface area contributed by atoms with Crippen LogP contribution < -0.4 is 11.1 Å². The Labute approximate surface area is 97.3 Å². The van der Waals surface area contributed by atoms with E-state index in [1.54, 1.807) is 0 Å². The molecule has 0 aliphatic rings. The molecule has 0 radical (unpaired) electrons. The van der Waals surface area contributed by atoms with Crippen molar-refractivity contribution in [3.8, 4) is 0 Å². The van der Waals surface area contributed by atoms with Crippen molar-refractivity contribution in [3.63, 3.8) is 0 Å². The molecule has 0 aromatic rings. The number of hydrogen-bond acceptors (Lipinski definition) is 2. The summed E-state index contributed by atoms with van der Waals surface area (Å²) in [6.07, 6.45) is 6.79. The number of nitrogens with two attached hydrogens (primary N) is 1. The average molecular weight is 226 g/mol. The minimum Gasteiger partial charge on any atom is -0.366 e. The highest BCUT2D eigenvalue weighted by Crippen LogP contribution is 2.10. The molecule has 0 fully saturated rings. The van der Waals surface area contributed by atoms with E-state index < -0.39 is 5.91 Å². The molecular formula is C12H22N2O2. The molecular weight excluding hydrogens is 204 g/mol. The molecule has 16 heavy (non-hydrogen) atoms. The quantitative estimate of drug-likeness (QED) is 0.613. The number of primary amides is 1. The van der Waals surface area contributed by atoms with E-state index in [4.69, 9.17) is 5.73 Å². The van der Waals surface area contributed by atoms with E-state index in [2.05, 4.69) is 19.2 Å². The van der Waals surface area contributed by atoms with Crippen LogP contribution in [0, 0.1) is 5.92 Å². The van der Waals surface area contributed by atoms with E-state index in [1.165, 1.54) is 18.9 Å². The summed E-state index contributed by atoms with van der Waals surface area (Å²) >= 11 is 0. The van der Waals surface area contributed by atoms with Crippen LogP contribution >= 0.6 is 0 Å². The number of amides is 2. The first-order valence-corrected chi connectivity index (χ1v) is 5.85. The monoisotopic (exact) mass is 226 g/mol. The van der Waals surface area contributed by atoms with Crippen LogP contribution in [0.4, 0.5) is 0 Å². The Morgan fingerprint density at radius 2 is 2.00 bits per heavy atom. The molecule has 1 atom stereocenters. The lowest BCUT2D eigenvalue weighted by molar-refractivity contribution is -0.117. The van der Waals surface area contributed by atoms with Gasteiger partial charge in [0.2, 0.25) is 11.8 Å². The van der Waals surface area contributed by atoms with Crippen molar-refractivity contribution in [1.29, 1.82) is 0 Å². The number of carbonyl (C=O) groups excluding carboxylic acids is 2. The Hall–Kier alpha value is -1.32. The fourth-order valence-corrected chi connectivity index (χ4v) is 1.40. The molecule has 2 amide bonds. The molecule has 0 aromatic carbocycles. The van der Waals surface area contributed by atoms with Gasteiger partial charge in [-0.3, -0.25) is 9.59 Å². The second kappa shape index (κ2) is 8.95. The van der Waals surface area contributed by atoms with Gasteiger partial charge in [0.1, 0.15) is 0 Å². The van der Waals surface area contributed by atoms with Crippen LogP contribution in [-0.2, 0) is 9.59 Å². The lowest BCUT2D eigenvalue weighted by Crippen LogP contribution is -2.28. The summed E-state index contributed by atoms with van der Waals surface area (Å²) in [5.41, 5.74) is 4.88. The van der Waals surface area contributed by atoms with Gasteiger partial charge in [0.15, 0.2) is 0 Å². The summed E-state index contributed by atoms with van der Waals surface area (Å²) < 4.78 is 0. The molecule has 0 saturated carbocycles.